The molecular weight excluding hydrogens is 230 g/mol. The molecule has 0 saturated carbocycles. The van der Waals surface area contributed by atoms with Crippen molar-refractivity contribution < 1.29 is 0 Å². The first-order valence-corrected chi connectivity index (χ1v) is 7.12. The number of thioether (sulfide) groups is 1. The van der Waals surface area contributed by atoms with Crippen LogP contribution in [0.1, 0.15) is 51.9 Å². The maximum Gasteiger partial charge on any atom is 0.134 e. The zero-order valence-corrected chi connectivity index (χ0v) is 12.5. The molecule has 17 heavy (non-hydrogen) atoms. The fourth-order valence-electron chi connectivity index (χ4n) is 1.45. The zero-order chi connectivity index (χ0) is 13.0. The summed E-state index contributed by atoms with van der Waals surface area (Å²) in [6.07, 6.45) is 0. The molecule has 0 bridgehead atoms. The Morgan fingerprint density at radius 1 is 1.18 bits per heavy atom. The summed E-state index contributed by atoms with van der Waals surface area (Å²) in [5, 5.41) is 4.97. The van der Waals surface area contributed by atoms with Crippen LogP contribution in [0.25, 0.3) is 0 Å². The molecule has 0 unspecified atom stereocenters. The van der Waals surface area contributed by atoms with Gasteiger partial charge >= 0.3 is 0 Å². The SMILES string of the molecule is CCNc1nc(C(C)C)nc(SC(C)C)c1C. The molecule has 96 valence electrons. The van der Waals surface area contributed by atoms with Gasteiger partial charge in [0.15, 0.2) is 0 Å². The molecule has 0 aliphatic carbocycles. The van der Waals surface area contributed by atoms with Gasteiger partial charge in [-0.15, -0.1) is 11.8 Å². The monoisotopic (exact) mass is 253 g/mol. The van der Waals surface area contributed by atoms with E-state index in [1.165, 1.54) is 0 Å². The number of aromatic nitrogens is 2. The van der Waals surface area contributed by atoms with Crippen LogP contribution < -0.4 is 5.32 Å². The van der Waals surface area contributed by atoms with Crippen LogP contribution >= 0.6 is 11.8 Å². The predicted octanol–water partition coefficient (Wildman–Crippen LogP) is 3.84. The third kappa shape index (κ3) is 3.87. The maximum absolute atomic E-state index is 4.67. The summed E-state index contributed by atoms with van der Waals surface area (Å²) in [7, 11) is 0. The predicted molar refractivity (Wildman–Crippen MR) is 76.0 cm³/mol. The van der Waals surface area contributed by atoms with E-state index in [0.717, 1.165) is 28.8 Å². The molecule has 1 N–H and O–H groups in total. The van der Waals surface area contributed by atoms with Crippen molar-refractivity contribution >= 4 is 17.6 Å². The molecule has 1 heterocycles. The summed E-state index contributed by atoms with van der Waals surface area (Å²) in [4.78, 5) is 9.26. The maximum atomic E-state index is 4.67. The second-order valence-corrected chi connectivity index (χ2v) is 6.28. The standard InChI is InChI=1S/C13H23N3S/c1-7-14-12-10(6)13(17-9(4)5)16-11(15-12)8(2)3/h8-9H,7H2,1-6H3,(H,14,15,16). The first-order chi connectivity index (χ1) is 7.95. The van der Waals surface area contributed by atoms with Crippen LogP contribution in [0.2, 0.25) is 0 Å². The third-order valence-corrected chi connectivity index (χ3v) is 3.42. The van der Waals surface area contributed by atoms with E-state index in [1.54, 1.807) is 11.8 Å². The van der Waals surface area contributed by atoms with Gasteiger partial charge in [-0.1, -0.05) is 27.7 Å². The van der Waals surface area contributed by atoms with Gasteiger partial charge in [-0.2, -0.15) is 0 Å². The van der Waals surface area contributed by atoms with Crippen LogP contribution in [0, 0.1) is 6.92 Å². The lowest BCUT2D eigenvalue weighted by molar-refractivity contribution is 0.748. The van der Waals surface area contributed by atoms with E-state index in [4.69, 9.17) is 0 Å². The van der Waals surface area contributed by atoms with Crippen molar-refractivity contribution in [2.75, 3.05) is 11.9 Å². The molecule has 4 heteroatoms. The Kier molecular flexibility index (Phi) is 5.25. The summed E-state index contributed by atoms with van der Waals surface area (Å²) in [6.45, 7) is 13.7. The number of anilines is 1. The van der Waals surface area contributed by atoms with E-state index >= 15 is 0 Å². The molecule has 0 amide bonds. The molecular formula is C13H23N3S. The molecule has 0 saturated heterocycles. The van der Waals surface area contributed by atoms with Crippen LogP contribution in [-0.4, -0.2) is 21.8 Å². The highest BCUT2D eigenvalue weighted by atomic mass is 32.2. The van der Waals surface area contributed by atoms with Gasteiger partial charge in [0.1, 0.15) is 16.7 Å². The van der Waals surface area contributed by atoms with Crippen LogP contribution in [0.15, 0.2) is 5.03 Å². The first-order valence-electron chi connectivity index (χ1n) is 6.24. The van der Waals surface area contributed by atoms with E-state index in [9.17, 15) is 0 Å². The summed E-state index contributed by atoms with van der Waals surface area (Å²) < 4.78 is 0. The van der Waals surface area contributed by atoms with E-state index < -0.39 is 0 Å². The van der Waals surface area contributed by atoms with Crippen molar-refractivity contribution in [3.63, 3.8) is 0 Å². The second kappa shape index (κ2) is 6.24. The molecule has 1 aromatic rings. The number of nitrogens with one attached hydrogen (secondary N) is 1. The van der Waals surface area contributed by atoms with Crippen LogP contribution in [0.3, 0.4) is 0 Å². The van der Waals surface area contributed by atoms with E-state index in [1.807, 2.05) is 0 Å². The minimum atomic E-state index is 0.361. The minimum Gasteiger partial charge on any atom is -0.370 e. The molecule has 0 atom stereocenters. The molecule has 0 spiro atoms. The Morgan fingerprint density at radius 3 is 2.29 bits per heavy atom. The lowest BCUT2D eigenvalue weighted by Gasteiger charge is -2.15. The lowest BCUT2D eigenvalue weighted by Crippen LogP contribution is -2.09. The fourth-order valence-corrected chi connectivity index (χ4v) is 2.31. The van der Waals surface area contributed by atoms with Crippen molar-refractivity contribution in [3.8, 4) is 0 Å². The molecule has 0 aromatic carbocycles. The van der Waals surface area contributed by atoms with Crippen molar-refractivity contribution in [1.82, 2.24) is 9.97 Å². The average Bonchev–Trinajstić information content (AvgIpc) is 2.23. The topological polar surface area (TPSA) is 37.8 Å². The molecule has 1 aromatic heterocycles. The van der Waals surface area contributed by atoms with Gasteiger partial charge in [0.2, 0.25) is 0 Å². The van der Waals surface area contributed by atoms with Crippen LogP contribution in [-0.2, 0) is 0 Å². The largest absolute Gasteiger partial charge is 0.370 e. The highest BCUT2D eigenvalue weighted by Gasteiger charge is 2.13. The van der Waals surface area contributed by atoms with Gasteiger partial charge in [0.05, 0.1) is 0 Å². The van der Waals surface area contributed by atoms with Crippen molar-refractivity contribution in [2.45, 2.75) is 57.7 Å². The summed E-state index contributed by atoms with van der Waals surface area (Å²) >= 11 is 1.81. The summed E-state index contributed by atoms with van der Waals surface area (Å²) in [5.41, 5.74) is 1.16. The smallest absolute Gasteiger partial charge is 0.134 e. The molecule has 0 fully saturated rings. The van der Waals surface area contributed by atoms with Crippen molar-refractivity contribution in [3.05, 3.63) is 11.4 Å². The Balaban J connectivity index is 3.17. The van der Waals surface area contributed by atoms with Gasteiger partial charge in [-0.3, -0.25) is 0 Å². The lowest BCUT2D eigenvalue weighted by atomic mass is 10.2. The number of nitrogens with zero attached hydrogens (tertiary/aromatic N) is 2. The average molecular weight is 253 g/mol. The highest BCUT2D eigenvalue weighted by molar-refractivity contribution is 7.99. The van der Waals surface area contributed by atoms with Crippen LogP contribution in [0.4, 0.5) is 5.82 Å². The van der Waals surface area contributed by atoms with E-state index in [0.29, 0.717) is 11.2 Å². The minimum absolute atomic E-state index is 0.361. The molecule has 0 aliphatic rings. The third-order valence-electron chi connectivity index (χ3n) is 2.33. The molecule has 0 aliphatic heterocycles. The zero-order valence-electron chi connectivity index (χ0n) is 11.7. The summed E-state index contributed by atoms with van der Waals surface area (Å²) in [5.74, 6) is 2.27. The van der Waals surface area contributed by atoms with Gasteiger partial charge in [-0.25, -0.2) is 9.97 Å². The number of hydrogen-bond acceptors (Lipinski definition) is 4. The van der Waals surface area contributed by atoms with Gasteiger partial charge < -0.3 is 5.32 Å². The van der Waals surface area contributed by atoms with Gasteiger partial charge in [0, 0.05) is 23.3 Å². The molecule has 0 radical (unpaired) electrons. The number of hydrogen-bond donors (Lipinski definition) is 1. The second-order valence-electron chi connectivity index (χ2n) is 4.71. The Morgan fingerprint density at radius 2 is 1.82 bits per heavy atom. The Bertz CT molecular complexity index is 375. The quantitative estimate of drug-likeness (QED) is 0.639. The Labute approximate surface area is 109 Å². The van der Waals surface area contributed by atoms with E-state index in [2.05, 4.69) is 56.8 Å². The van der Waals surface area contributed by atoms with Crippen molar-refractivity contribution in [1.29, 1.82) is 0 Å². The van der Waals surface area contributed by atoms with Crippen molar-refractivity contribution in [2.24, 2.45) is 0 Å². The summed E-state index contributed by atoms with van der Waals surface area (Å²) in [6, 6.07) is 0. The Hall–Kier alpha value is -0.770. The van der Waals surface area contributed by atoms with Gasteiger partial charge in [0.25, 0.3) is 0 Å². The highest BCUT2D eigenvalue weighted by Crippen LogP contribution is 2.29. The number of rotatable bonds is 5. The normalized spacial score (nSPS) is 11.3. The van der Waals surface area contributed by atoms with E-state index in [-0.39, 0.29) is 0 Å². The first kappa shape index (κ1) is 14.3. The van der Waals surface area contributed by atoms with Gasteiger partial charge in [-0.05, 0) is 13.8 Å². The van der Waals surface area contributed by atoms with Crippen LogP contribution in [0.5, 0.6) is 0 Å². The molecule has 3 nitrogen and oxygen atoms in total. The molecule has 1 rings (SSSR count). The fraction of sp³-hybridized carbons (Fsp3) is 0.692.